The van der Waals surface area contributed by atoms with Crippen molar-refractivity contribution in [2.75, 3.05) is 6.54 Å². The van der Waals surface area contributed by atoms with Crippen LogP contribution < -0.4 is 0 Å². The minimum atomic E-state index is 0.795. The van der Waals surface area contributed by atoms with Gasteiger partial charge in [0.05, 0.1) is 17.9 Å². The Hall–Kier alpha value is -1.75. The molecule has 0 saturated heterocycles. The third-order valence-corrected chi connectivity index (χ3v) is 3.20. The van der Waals surface area contributed by atoms with E-state index in [0.717, 1.165) is 49.0 Å². The fraction of sp³-hybridized carbons (Fsp3) is 0.462. The molecule has 2 aromatic rings. The first-order valence-corrected chi connectivity index (χ1v) is 6.16. The standard InChI is InChI=1S/C13H16N4O/c1-9-5-12(18-16-9)7-17-4-3-11-6-14-10(2)15-13(11)8-17/h5-6H,3-4,7-8H2,1-2H3. The summed E-state index contributed by atoms with van der Waals surface area (Å²) in [6.07, 6.45) is 2.95. The second-order valence-electron chi connectivity index (χ2n) is 4.78. The van der Waals surface area contributed by atoms with Gasteiger partial charge in [0.1, 0.15) is 5.82 Å². The van der Waals surface area contributed by atoms with Crippen LogP contribution in [-0.2, 0) is 19.5 Å². The van der Waals surface area contributed by atoms with Crippen molar-refractivity contribution in [1.29, 1.82) is 0 Å². The normalized spacial score (nSPS) is 15.7. The molecule has 0 saturated carbocycles. The Morgan fingerprint density at radius 2 is 2.28 bits per heavy atom. The average Bonchev–Trinajstić information content (AvgIpc) is 2.74. The summed E-state index contributed by atoms with van der Waals surface area (Å²) in [5.74, 6) is 1.76. The molecular weight excluding hydrogens is 228 g/mol. The summed E-state index contributed by atoms with van der Waals surface area (Å²) in [6, 6.07) is 1.99. The molecule has 1 aliphatic heterocycles. The summed E-state index contributed by atoms with van der Waals surface area (Å²) in [5, 5.41) is 3.91. The predicted molar refractivity (Wildman–Crippen MR) is 65.8 cm³/mol. The van der Waals surface area contributed by atoms with Crippen molar-refractivity contribution >= 4 is 0 Å². The first-order chi connectivity index (χ1) is 8.70. The molecule has 5 nitrogen and oxygen atoms in total. The topological polar surface area (TPSA) is 55.1 Å². The van der Waals surface area contributed by atoms with Crippen LogP contribution in [0, 0.1) is 13.8 Å². The number of rotatable bonds is 2. The Kier molecular flexibility index (Phi) is 2.83. The number of fused-ring (bicyclic) bond motifs is 1. The Morgan fingerprint density at radius 3 is 3.06 bits per heavy atom. The van der Waals surface area contributed by atoms with E-state index in [1.54, 1.807) is 0 Å². The third kappa shape index (κ3) is 2.26. The highest BCUT2D eigenvalue weighted by Crippen LogP contribution is 2.18. The number of aromatic nitrogens is 3. The van der Waals surface area contributed by atoms with Gasteiger partial charge in [-0.05, 0) is 25.8 Å². The van der Waals surface area contributed by atoms with Crippen molar-refractivity contribution in [1.82, 2.24) is 20.0 Å². The number of hydrogen-bond acceptors (Lipinski definition) is 5. The second kappa shape index (κ2) is 4.49. The van der Waals surface area contributed by atoms with Crippen LogP contribution in [0.1, 0.15) is 28.5 Å². The average molecular weight is 244 g/mol. The number of aryl methyl sites for hydroxylation is 2. The highest BCUT2D eigenvalue weighted by atomic mass is 16.5. The molecule has 3 rings (SSSR count). The van der Waals surface area contributed by atoms with Crippen LogP contribution in [-0.4, -0.2) is 26.6 Å². The van der Waals surface area contributed by atoms with Gasteiger partial charge in [0, 0.05) is 25.4 Å². The van der Waals surface area contributed by atoms with Crippen LogP contribution >= 0.6 is 0 Å². The fourth-order valence-corrected chi connectivity index (χ4v) is 2.30. The van der Waals surface area contributed by atoms with Crippen molar-refractivity contribution < 1.29 is 4.52 Å². The molecule has 0 N–H and O–H groups in total. The smallest absolute Gasteiger partial charge is 0.150 e. The zero-order valence-corrected chi connectivity index (χ0v) is 10.7. The van der Waals surface area contributed by atoms with E-state index in [1.807, 2.05) is 26.1 Å². The van der Waals surface area contributed by atoms with Crippen molar-refractivity contribution in [2.24, 2.45) is 0 Å². The molecule has 0 fully saturated rings. The lowest BCUT2D eigenvalue weighted by molar-refractivity contribution is 0.211. The molecule has 0 aromatic carbocycles. The minimum absolute atomic E-state index is 0.795. The molecule has 0 amide bonds. The van der Waals surface area contributed by atoms with Crippen LogP contribution in [0.15, 0.2) is 16.8 Å². The molecule has 3 heterocycles. The number of hydrogen-bond donors (Lipinski definition) is 0. The molecular formula is C13H16N4O. The van der Waals surface area contributed by atoms with Crippen molar-refractivity contribution in [3.8, 4) is 0 Å². The van der Waals surface area contributed by atoms with Gasteiger partial charge < -0.3 is 4.52 Å². The molecule has 2 aromatic heterocycles. The van der Waals surface area contributed by atoms with Gasteiger partial charge >= 0.3 is 0 Å². The lowest BCUT2D eigenvalue weighted by atomic mass is 10.1. The maximum Gasteiger partial charge on any atom is 0.150 e. The second-order valence-corrected chi connectivity index (χ2v) is 4.78. The lowest BCUT2D eigenvalue weighted by Crippen LogP contribution is -2.31. The molecule has 0 radical (unpaired) electrons. The van der Waals surface area contributed by atoms with Crippen LogP contribution in [0.2, 0.25) is 0 Å². The minimum Gasteiger partial charge on any atom is -0.360 e. The van der Waals surface area contributed by atoms with E-state index < -0.39 is 0 Å². The van der Waals surface area contributed by atoms with Gasteiger partial charge in [-0.1, -0.05) is 5.16 Å². The molecule has 5 heteroatoms. The van der Waals surface area contributed by atoms with Crippen LogP contribution in [0.25, 0.3) is 0 Å². The summed E-state index contributed by atoms with van der Waals surface area (Å²) in [5.41, 5.74) is 3.34. The van der Waals surface area contributed by atoms with Gasteiger partial charge in [-0.3, -0.25) is 4.90 Å². The van der Waals surface area contributed by atoms with Crippen molar-refractivity contribution in [3.63, 3.8) is 0 Å². The molecule has 0 unspecified atom stereocenters. The van der Waals surface area contributed by atoms with E-state index in [-0.39, 0.29) is 0 Å². The van der Waals surface area contributed by atoms with Gasteiger partial charge in [0.2, 0.25) is 0 Å². The molecule has 0 atom stereocenters. The summed E-state index contributed by atoms with van der Waals surface area (Å²) >= 11 is 0. The molecule has 18 heavy (non-hydrogen) atoms. The van der Waals surface area contributed by atoms with Gasteiger partial charge in [0.25, 0.3) is 0 Å². The Morgan fingerprint density at radius 1 is 1.39 bits per heavy atom. The van der Waals surface area contributed by atoms with Crippen molar-refractivity contribution in [3.05, 3.63) is 40.8 Å². The first kappa shape index (κ1) is 11.3. The quantitative estimate of drug-likeness (QED) is 0.803. The van der Waals surface area contributed by atoms with Gasteiger partial charge in [-0.2, -0.15) is 0 Å². The molecule has 1 aliphatic rings. The molecule has 94 valence electrons. The largest absolute Gasteiger partial charge is 0.360 e. The van der Waals surface area contributed by atoms with Crippen LogP contribution in [0.4, 0.5) is 0 Å². The predicted octanol–water partition coefficient (Wildman–Crippen LogP) is 1.64. The maximum absolute atomic E-state index is 5.25. The van der Waals surface area contributed by atoms with E-state index >= 15 is 0 Å². The van der Waals surface area contributed by atoms with Crippen molar-refractivity contribution in [2.45, 2.75) is 33.4 Å². The van der Waals surface area contributed by atoms with E-state index in [2.05, 4.69) is 20.0 Å². The van der Waals surface area contributed by atoms with E-state index in [0.29, 0.717) is 0 Å². The number of nitrogens with zero attached hydrogens (tertiary/aromatic N) is 4. The third-order valence-electron chi connectivity index (χ3n) is 3.20. The zero-order chi connectivity index (χ0) is 12.5. The zero-order valence-electron chi connectivity index (χ0n) is 10.7. The summed E-state index contributed by atoms with van der Waals surface area (Å²) in [6.45, 7) is 6.54. The molecule has 0 spiro atoms. The van der Waals surface area contributed by atoms with Crippen LogP contribution in [0.3, 0.4) is 0 Å². The van der Waals surface area contributed by atoms with Crippen LogP contribution in [0.5, 0.6) is 0 Å². The summed E-state index contributed by atoms with van der Waals surface area (Å²) < 4.78 is 5.25. The first-order valence-electron chi connectivity index (χ1n) is 6.16. The molecule has 0 bridgehead atoms. The SMILES string of the molecule is Cc1cc(CN2CCc3cnc(C)nc3C2)on1. The van der Waals surface area contributed by atoms with E-state index in [1.165, 1.54) is 5.56 Å². The Balaban J connectivity index is 1.74. The van der Waals surface area contributed by atoms with E-state index in [9.17, 15) is 0 Å². The lowest BCUT2D eigenvalue weighted by Gasteiger charge is -2.26. The Labute approximate surface area is 106 Å². The molecule has 0 aliphatic carbocycles. The summed E-state index contributed by atoms with van der Waals surface area (Å²) in [4.78, 5) is 11.1. The fourth-order valence-electron chi connectivity index (χ4n) is 2.30. The highest BCUT2D eigenvalue weighted by molar-refractivity contribution is 5.20. The monoisotopic (exact) mass is 244 g/mol. The van der Waals surface area contributed by atoms with Gasteiger partial charge in [0.15, 0.2) is 5.76 Å². The van der Waals surface area contributed by atoms with E-state index in [4.69, 9.17) is 4.52 Å². The Bertz CT molecular complexity index is 564. The highest BCUT2D eigenvalue weighted by Gasteiger charge is 2.19. The maximum atomic E-state index is 5.25. The van der Waals surface area contributed by atoms with Gasteiger partial charge in [-0.15, -0.1) is 0 Å². The summed E-state index contributed by atoms with van der Waals surface area (Å²) in [7, 11) is 0. The van der Waals surface area contributed by atoms with Gasteiger partial charge in [-0.25, -0.2) is 9.97 Å².